The van der Waals surface area contributed by atoms with E-state index in [1.807, 2.05) is 0 Å². The second-order valence-corrected chi connectivity index (χ2v) is 19.7. The van der Waals surface area contributed by atoms with Crippen molar-refractivity contribution in [2.75, 3.05) is 6.61 Å². The maximum Gasteiger partial charge on any atom is 0.330 e. The Labute approximate surface area is 349 Å². The van der Waals surface area contributed by atoms with Gasteiger partial charge in [0.2, 0.25) is 0 Å². The highest BCUT2D eigenvalue weighted by Gasteiger charge is 2.45. The SMILES string of the molecule is C#CC1CCC(C(=O)OC2CCC(C(=O)C3CCC(OC4CCC(C(C)(C)C5CCC(OC(=O)C6CCC(C#C)CC6)CC5)CC4COC(=O)C=C)CC3)CC2)CC1. The number of rotatable bonds is 13. The second kappa shape index (κ2) is 20.9. The second-order valence-electron chi connectivity index (χ2n) is 19.7. The number of carbonyl (C=O) groups excluding carboxylic acids is 4. The molecule has 0 aliphatic heterocycles. The lowest BCUT2D eigenvalue weighted by molar-refractivity contribution is -0.159. The fraction of sp³-hybridized carbons (Fsp3) is 0.800. The van der Waals surface area contributed by atoms with Crippen LogP contribution in [0.3, 0.4) is 0 Å². The summed E-state index contributed by atoms with van der Waals surface area (Å²) in [6, 6.07) is 0. The molecule has 0 amide bonds. The van der Waals surface area contributed by atoms with Crippen LogP contribution in [0.5, 0.6) is 0 Å². The van der Waals surface area contributed by atoms with Crippen LogP contribution in [0.15, 0.2) is 12.7 Å². The number of hydrogen-bond acceptors (Lipinski definition) is 8. The first-order valence-corrected chi connectivity index (χ1v) is 23.3. The summed E-state index contributed by atoms with van der Waals surface area (Å²) in [7, 11) is 0. The van der Waals surface area contributed by atoms with Crippen LogP contribution >= 0.6 is 0 Å². The Morgan fingerprint density at radius 3 is 1.48 bits per heavy atom. The third-order valence-electron chi connectivity index (χ3n) is 16.0. The van der Waals surface area contributed by atoms with Gasteiger partial charge in [-0.05, 0) is 165 Å². The minimum atomic E-state index is -0.397. The van der Waals surface area contributed by atoms with E-state index in [1.54, 1.807) is 0 Å². The largest absolute Gasteiger partial charge is 0.462 e. The highest BCUT2D eigenvalue weighted by molar-refractivity contribution is 5.83. The molecule has 0 N–H and O–H groups in total. The van der Waals surface area contributed by atoms with Gasteiger partial charge >= 0.3 is 17.9 Å². The van der Waals surface area contributed by atoms with Crippen LogP contribution in [0.1, 0.15) is 162 Å². The monoisotopic (exact) mass is 801 g/mol. The lowest BCUT2D eigenvalue weighted by atomic mass is 9.59. The maximum atomic E-state index is 13.7. The molecule has 58 heavy (non-hydrogen) atoms. The zero-order chi connectivity index (χ0) is 41.2. The molecule has 0 aromatic carbocycles. The van der Waals surface area contributed by atoms with Crippen molar-refractivity contribution in [2.45, 2.75) is 186 Å². The van der Waals surface area contributed by atoms with E-state index >= 15 is 0 Å². The lowest BCUT2D eigenvalue weighted by Crippen LogP contribution is -2.44. The summed E-state index contributed by atoms with van der Waals surface area (Å²) in [5, 5.41) is 0. The van der Waals surface area contributed by atoms with E-state index in [0.29, 0.717) is 30.1 Å². The van der Waals surface area contributed by atoms with Crippen molar-refractivity contribution in [3.8, 4) is 24.7 Å². The molecule has 0 aromatic heterocycles. The fourth-order valence-electron chi connectivity index (χ4n) is 11.8. The summed E-state index contributed by atoms with van der Waals surface area (Å²) in [6.07, 6.45) is 32.8. The smallest absolute Gasteiger partial charge is 0.330 e. The molecule has 6 fully saturated rings. The molecular formula is C50H72O8. The first-order valence-electron chi connectivity index (χ1n) is 23.3. The third-order valence-corrected chi connectivity index (χ3v) is 16.0. The molecule has 6 rings (SSSR count). The van der Waals surface area contributed by atoms with Gasteiger partial charge in [0.25, 0.3) is 0 Å². The van der Waals surface area contributed by atoms with Crippen LogP contribution in [-0.4, -0.2) is 54.7 Å². The number of hydrogen-bond donors (Lipinski definition) is 0. The summed E-state index contributed by atoms with van der Waals surface area (Å²) in [5.41, 5.74) is 0.0926. The molecule has 0 radical (unpaired) electrons. The molecule has 0 spiro atoms. The molecule has 0 aromatic rings. The lowest BCUT2D eigenvalue weighted by Gasteiger charge is -2.49. The number of Topliss-reactive ketones (excluding diaryl/α,β-unsaturated/α-hetero) is 1. The highest BCUT2D eigenvalue weighted by Crippen LogP contribution is 2.51. The molecule has 6 aliphatic carbocycles. The number of carbonyl (C=O) groups is 4. The van der Waals surface area contributed by atoms with Gasteiger partial charge in [0, 0.05) is 35.7 Å². The predicted molar refractivity (Wildman–Crippen MR) is 224 cm³/mol. The van der Waals surface area contributed by atoms with Crippen molar-refractivity contribution in [2.24, 2.45) is 58.7 Å². The van der Waals surface area contributed by atoms with Crippen LogP contribution in [-0.2, 0) is 38.1 Å². The van der Waals surface area contributed by atoms with Gasteiger partial charge < -0.3 is 18.9 Å². The quantitative estimate of drug-likeness (QED) is 0.0785. The van der Waals surface area contributed by atoms with E-state index in [1.165, 1.54) is 6.08 Å². The Bertz CT molecular complexity index is 1480. The summed E-state index contributed by atoms with van der Waals surface area (Å²) >= 11 is 0. The minimum Gasteiger partial charge on any atom is -0.462 e. The number of ether oxygens (including phenoxy) is 4. The zero-order valence-corrected chi connectivity index (χ0v) is 35.7. The van der Waals surface area contributed by atoms with Crippen LogP contribution in [0.4, 0.5) is 0 Å². The minimum absolute atomic E-state index is 0.00669. The van der Waals surface area contributed by atoms with Crippen LogP contribution in [0, 0.1) is 83.4 Å². The van der Waals surface area contributed by atoms with Gasteiger partial charge in [0.05, 0.1) is 30.7 Å². The normalized spacial score (nSPS) is 37.2. The Kier molecular flexibility index (Phi) is 16.0. The highest BCUT2D eigenvalue weighted by atomic mass is 16.6. The predicted octanol–water partition coefficient (Wildman–Crippen LogP) is 9.75. The van der Waals surface area contributed by atoms with Gasteiger partial charge in [0.15, 0.2) is 0 Å². The molecule has 0 saturated heterocycles. The molecule has 6 saturated carbocycles. The van der Waals surface area contributed by atoms with Crippen molar-refractivity contribution in [1.29, 1.82) is 0 Å². The van der Waals surface area contributed by atoms with Gasteiger partial charge in [-0.2, -0.15) is 0 Å². The maximum absolute atomic E-state index is 13.7. The van der Waals surface area contributed by atoms with Crippen LogP contribution in [0.2, 0.25) is 0 Å². The van der Waals surface area contributed by atoms with E-state index in [2.05, 4.69) is 32.3 Å². The van der Waals surface area contributed by atoms with Crippen molar-refractivity contribution >= 4 is 23.7 Å². The molecule has 320 valence electrons. The number of ketones is 1. The van der Waals surface area contributed by atoms with Crippen molar-refractivity contribution in [3.05, 3.63) is 12.7 Å². The average molecular weight is 801 g/mol. The van der Waals surface area contributed by atoms with Gasteiger partial charge in [0.1, 0.15) is 18.0 Å². The van der Waals surface area contributed by atoms with Gasteiger partial charge in [-0.3, -0.25) is 14.4 Å². The van der Waals surface area contributed by atoms with Gasteiger partial charge in [-0.1, -0.05) is 20.4 Å². The van der Waals surface area contributed by atoms with Gasteiger partial charge in [-0.15, -0.1) is 24.7 Å². The zero-order valence-electron chi connectivity index (χ0n) is 35.7. The molecule has 8 heteroatoms. The molecule has 8 nitrogen and oxygen atoms in total. The van der Waals surface area contributed by atoms with Gasteiger partial charge in [-0.25, -0.2) is 4.79 Å². The summed E-state index contributed by atoms with van der Waals surface area (Å²) in [5.74, 6) is 7.35. The van der Waals surface area contributed by atoms with E-state index in [-0.39, 0.29) is 77.3 Å². The van der Waals surface area contributed by atoms with Crippen molar-refractivity contribution in [3.63, 3.8) is 0 Å². The summed E-state index contributed by atoms with van der Waals surface area (Å²) < 4.78 is 24.5. The Balaban J connectivity index is 0.928. The Morgan fingerprint density at radius 1 is 0.586 bits per heavy atom. The van der Waals surface area contributed by atoms with Crippen LogP contribution < -0.4 is 0 Å². The summed E-state index contributed by atoms with van der Waals surface area (Å²) in [4.78, 5) is 51.7. The van der Waals surface area contributed by atoms with E-state index < -0.39 is 5.97 Å². The standard InChI is InChI=1S/C50H72O8/c1-6-33-9-13-37(14-10-33)48(53)57-43-26-19-36(20-27-43)47(52)35-17-24-42(25-18-35)56-45-30-23-41(31-39(45)32-55-46(51)8-3)50(4,5)40-21-28-44(29-22-40)58-49(54)38-15-11-34(7-2)12-16-38/h1-2,8,33-45H,3,9-32H2,4-5H3. The van der Waals surface area contributed by atoms with Crippen LogP contribution in [0.25, 0.3) is 0 Å². The molecule has 0 heterocycles. The molecule has 3 unspecified atom stereocenters. The first-order chi connectivity index (χ1) is 28.0. The summed E-state index contributed by atoms with van der Waals surface area (Å²) in [6.45, 7) is 8.76. The van der Waals surface area contributed by atoms with Crippen molar-refractivity contribution < 1.29 is 38.1 Å². The number of esters is 3. The molecular weight excluding hydrogens is 729 g/mol. The van der Waals surface area contributed by atoms with Crippen molar-refractivity contribution in [1.82, 2.24) is 0 Å². The Morgan fingerprint density at radius 2 is 1.02 bits per heavy atom. The first kappa shape index (κ1) is 44.5. The van der Waals surface area contributed by atoms with E-state index in [4.69, 9.17) is 31.8 Å². The topological polar surface area (TPSA) is 105 Å². The van der Waals surface area contributed by atoms with E-state index in [0.717, 1.165) is 148 Å². The third kappa shape index (κ3) is 11.6. The molecule has 6 aliphatic rings. The van der Waals surface area contributed by atoms with E-state index in [9.17, 15) is 19.2 Å². The molecule has 3 atom stereocenters. The fourth-order valence-corrected chi connectivity index (χ4v) is 11.8. The average Bonchev–Trinajstić information content (AvgIpc) is 3.26. The number of terminal acetylenes is 2. The Hall–Kier alpha value is -3.10. The molecule has 0 bridgehead atoms.